The van der Waals surface area contributed by atoms with Crippen molar-refractivity contribution >= 4 is 34.2 Å². The summed E-state index contributed by atoms with van der Waals surface area (Å²) in [6, 6.07) is 3.25. The van der Waals surface area contributed by atoms with E-state index in [0.29, 0.717) is 26.4 Å². The fourth-order valence-electron chi connectivity index (χ4n) is 6.22. The van der Waals surface area contributed by atoms with E-state index < -0.39 is 34.2 Å². The molecule has 0 spiro atoms. The highest BCUT2D eigenvalue weighted by molar-refractivity contribution is 6.96. The lowest BCUT2D eigenvalue weighted by atomic mass is 10.5. The summed E-state index contributed by atoms with van der Waals surface area (Å²) in [5, 5.41) is 0. The van der Waals surface area contributed by atoms with Crippen LogP contribution in [0, 0.1) is 0 Å². The fourth-order valence-corrected chi connectivity index (χ4v) is 32.2. The molecule has 0 saturated carbocycles. The highest BCUT2D eigenvalue weighted by Crippen LogP contribution is 2.44. The van der Waals surface area contributed by atoms with Crippen molar-refractivity contribution in [2.75, 3.05) is 26.4 Å². The molecule has 0 aromatic carbocycles. The van der Waals surface area contributed by atoms with Crippen molar-refractivity contribution < 1.29 is 35.4 Å². The van der Waals surface area contributed by atoms with Gasteiger partial charge in [-0.3, -0.25) is 0 Å². The van der Waals surface area contributed by atoms with Gasteiger partial charge in [0.15, 0.2) is 0 Å². The standard InChI is InChI=1S/C32H72O8Si4/c1-13-21-33-29(9)41(25-17-5)37-42(26-18-6,30(10)34-22-14-2)39-44(28-20-8,32(12)36-24-16-4)40-43(38-41,27-19-7)31(11)35-23-15-3/h29-32H,13-28H2,1-12H3. The second-order valence-electron chi connectivity index (χ2n) is 12.7. The van der Waals surface area contributed by atoms with Crippen LogP contribution in [0.3, 0.4) is 0 Å². The van der Waals surface area contributed by atoms with E-state index in [1.165, 1.54) is 0 Å². The lowest BCUT2D eigenvalue weighted by Gasteiger charge is -2.57. The lowest BCUT2D eigenvalue weighted by molar-refractivity contribution is 0.0271. The minimum absolute atomic E-state index is 0.187. The van der Waals surface area contributed by atoms with E-state index in [-0.39, 0.29) is 22.9 Å². The van der Waals surface area contributed by atoms with E-state index in [4.69, 9.17) is 35.4 Å². The first-order valence-electron chi connectivity index (χ1n) is 18.3. The summed E-state index contributed by atoms with van der Waals surface area (Å²) in [7, 11) is -12.5. The molecule has 8 nitrogen and oxygen atoms in total. The quantitative estimate of drug-likeness (QED) is 0.0927. The van der Waals surface area contributed by atoms with Crippen LogP contribution in [0.25, 0.3) is 0 Å². The Labute approximate surface area is 276 Å². The van der Waals surface area contributed by atoms with Crippen LogP contribution >= 0.6 is 0 Å². The van der Waals surface area contributed by atoms with E-state index in [9.17, 15) is 0 Å². The Hall–Kier alpha value is 0.548. The maximum atomic E-state index is 7.84. The van der Waals surface area contributed by atoms with E-state index >= 15 is 0 Å². The Morgan fingerprint density at radius 3 is 0.659 bits per heavy atom. The summed E-state index contributed by atoms with van der Waals surface area (Å²) in [4.78, 5) is 0. The highest BCUT2D eigenvalue weighted by atomic mass is 28.5. The molecule has 1 heterocycles. The van der Waals surface area contributed by atoms with Crippen LogP contribution in [-0.4, -0.2) is 83.6 Å². The second kappa shape index (κ2) is 21.5. The molecular formula is C32H72O8Si4. The van der Waals surface area contributed by atoms with Gasteiger partial charge in [0.25, 0.3) is 0 Å². The molecule has 1 fully saturated rings. The van der Waals surface area contributed by atoms with Crippen molar-refractivity contribution in [3.8, 4) is 0 Å². The first kappa shape index (κ1) is 42.6. The second-order valence-corrected chi connectivity index (χ2v) is 27.7. The van der Waals surface area contributed by atoms with Crippen molar-refractivity contribution in [3.63, 3.8) is 0 Å². The predicted octanol–water partition coefficient (Wildman–Crippen LogP) is 8.89. The zero-order chi connectivity index (χ0) is 33.3. The molecule has 1 aliphatic heterocycles. The molecule has 1 rings (SSSR count). The zero-order valence-corrected chi connectivity index (χ0v) is 34.9. The summed E-state index contributed by atoms with van der Waals surface area (Å²) in [6.45, 7) is 28.9. The van der Waals surface area contributed by atoms with Crippen molar-refractivity contribution in [1.82, 2.24) is 0 Å². The Kier molecular flexibility index (Phi) is 20.8. The summed E-state index contributed by atoms with van der Waals surface area (Å²) in [6.07, 6.45) is 7.48. The van der Waals surface area contributed by atoms with Gasteiger partial charge in [0.05, 0.1) is 22.9 Å². The average molecular weight is 697 g/mol. The summed E-state index contributed by atoms with van der Waals surface area (Å²) >= 11 is 0. The van der Waals surface area contributed by atoms with Gasteiger partial charge in [-0.1, -0.05) is 81.1 Å². The van der Waals surface area contributed by atoms with Crippen LogP contribution in [0.5, 0.6) is 0 Å². The monoisotopic (exact) mass is 696 g/mol. The molecule has 0 aliphatic carbocycles. The lowest BCUT2D eigenvalue weighted by Crippen LogP contribution is -2.79. The summed E-state index contributed by atoms with van der Waals surface area (Å²) in [5.41, 5.74) is -0.748. The Bertz CT molecular complexity index is 621. The van der Waals surface area contributed by atoms with Gasteiger partial charge in [-0.2, -0.15) is 0 Å². The molecule has 4 atom stereocenters. The molecule has 1 saturated heterocycles. The van der Waals surface area contributed by atoms with Crippen LogP contribution in [0.15, 0.2) is 0 Å². The van der Waals surface area contributed by atoms with Gasteiger partial charge in [-0.05, 0) is 77.6 Å². The smallest absolute Gasteiger partial charge is 0.350 e. The van der Waals surface area contributed by atoms with Crippen molar-refractivity contribution in [3.05, 3.63) is 0 Å². The molecule has 4 unspecified atom stereocenters. The zero-order valence-electron chi connectivity index (χ0n) is 30.9. The van der Waals surface area contributed by atoms with E-state index in [1.54, 1.807) is 0 Å². The van der Waals surface area contributed by atoms with Crippen molar-refractivity contribution in [2.24, 2.45) is 0 Å². The van der Waals surface area contributed by atoms with Crippen molar-refractivity contribution in [2.45, 2.75) is 182 Å². The molecule has 264 valence electrons. The van der Waals surface area contributed by atoms with E-state index in [0.717, 1.165) is 75.5 Å². The van der Waals surface area contributed by atoms with Gasteiger partial charge in [0.2, 0.25) is 0 Å². The van der Waals surface area contributed by atoms with Gasteiger partial charge in [0, 0.05) is 26.4 Å². The van der Waals surface area contributed by atoms with Gasteiger partial charge in [-0.15, -0.1) is 0 Å². The largest absolute Gasteiger partial charge is 0.412 e. The normalized spacial score (nSPS) is 30.8. The molecule has 0 radical (unpaired) electrons. The van der Waals surface area contributed by atoms with E-state index in [2.05, 4.69) is 83.1 Å². The number of rotatable bonds is 24. The van der Waals surface area contributed by atoms with Crippen LogP contribution in [0.2, 0.25) is 24.2 Å². The third kappa shape index (κ3) is 11.3. The molecule has 0 N–H and O–H groups in total. The number of ether oxygens (including phenoxy) is 4. The van der Waals surface area contributed by atoms with Gasteiger partial charge in [0.1, 0.15) is 0 Å². The van der Waals surface area contributed by atoms with Crippen molar-refractivity contribution in [1.29, 1.82) is 0 Å². The Balaban J connectivity index is 4.20. The van der Waals surface area contributed by atoms with E-state index in [1.807, 2.05) is 0 Å². The van der Waals surface area contributed by atoms with Gasteiger partial charge >= 0.3 is 34.2 Å². The Morgan fingerprint density at radius 2 is 0.523 bits per heavy atom. The SMILES string of the molecule is CCCOC(C)[Si]1(CCC)O[Si](CCC)(C(C)OCCC)O[Si](CCC)(C(C)OCCC)O[Si](CCC)(C(C)OCCC)O1. The minimum Gasteiger partial charge on any atom is -0.412 e. The molecular weight excluding hydrogens is 625 g/mol. The molecule has 0 aromatic heterocycles. The summed E-state index contributed by atoms with van der Waals surface area (Å²) in [5.74, 6) is 0. The first-order chi connectivity index (χ1) is 21.0. The fraction of sp³-hybridized carbons (Fsp3) is 1.00. The third-order valence-electron chi connectivity index (χ3n) is 8.54. The number of hydrogen-bond acceptors (Lipinski definition) is 8. The van der Waals surface area contributed by atoms with Gasteiger partial charge < -0.3 is 35.4 Å². The summed E-state index contributed by atoms with van der Waals surface area (Å²) < 4.78 is 57.7. The first-order valence-corrected chi connectivity index (χ1v) is 26.7. The Morgan fingerprint density at radius 1 is 0.341 bits per heavy atom. The van der Waals surface area contributed by atoms with Crippen LogP contribution in [0.4, 0.5) is 0 Å². The minimum atomic E-state index is -3.13. The van der Waals surface area contributed by atoms with Crippen LogP contribution in [-0.2, 0) is 35.4 Å². The predicted molar refractivity (Wildman–Crippen MR) is 191 cm³/mol. The molecule has 0 amide bonds. The molecule has 1 aliphatic rings. The number of hydrogen-bond donors (Lipinski definition) is 0. The molecule has 44 heavy (non-hydrogen) atoms. The molecule has 12 heteroatoms. The molecule has 0 aromatic rings. The van der Waals surface area contributed by atoms with Crippen LogP contribution in [0.1, 0.15) is 134 Å². The highest BCUT2D eigenvalue weighted by Gasteiger charge is 2.68. The third-order valence-corrected chi connectivity index (χ3v) is 30.0. The maximum Gasteiger partial charge on any atom is 0.350 e. The average Bonchev–Trinajstić information content (AvgIpc) is 2.99. The van der Waals surface area contributed by atoms with Crippen LogP contribution < -0.4 is 0 Å². The molecule has 0 bridgehead atoms. The maximum absolute atomic E-state index is 7.84. The topological polar surface area (TPSA) is 73.8 Å². The van der Waals surface area contributed by atoms with Gasteiger partial charge in [-0.25, -0.2) is 0 Å².